The summed E-state index contributed by atoms with van der Waals surface area (Å²) in [6.07, 6.45) is 0. The van der Waals surface area contributed by atoms with Crippen LogP contribution in [0.15, 0.2) is 84.9 Å². The molecule has 4 aromatic rings. The van der Waals surface area contributed by atoms with Gasteiger partial charge in [0.15, 0.2) is 0 Å². The molecule has 0 aromatic heterocycles. The molecule has 0 saturated carbocycles. The van der Waals surface area contributed by atoms with Gasteiger partial charge in [-0.2, -0.15) is 0 Å². The molecule has 37 heavy (non-hydrogen) atoms. The van der Waals surface area contributed by atoms with Crippen molar-refractivity contribution in [1.29, 1.82) is 0 Å². The van der Waals surface area contributed by atoms with E-state index in [9.17, 15) is 29.7 Å². The van der Waals surface area contributed by atoms with Crippen LogP contribution in [0, 0.1) is 6.92 Å². The fourth-order valence-corrected chi connectivity index (χ4v) is 3.20. The van der Waals surface area contributed by atoms with Crippen molar-refractivity contribution in [2.75, 3.05) is 0 Å². The first-order valence-electron chi connectivity index (χ1n) is 10.9. The first kappa shape index (κ1) is 24.8. The summed E-state index contributed by atoms with van der Waals surface area (Å²) in [6.45, 7) is 1.62. The number of benzene rings is 4. The number of phenolic OH excluding ortho intramolecular Hbond substituents is 3. The SMILES string of the molecule is Cc1cc(C(=O)Oc2cc(OC(=O)c3ccc(O)cc3)cc(OC(=O)c3ccc(O)cc3)c2)ccc1O. The number of hydrogen-bond acceptors (Lipinski definition) is 9. The van der Waals surface area contributed by atoms with Crippen LogP contribution in [0.5, 0.6) is 34.5 Å². The van der Waals surface area contributed by atoms with Crippen LogP contribution >= 0.6 is 0 Å². The summed E-state index contributed by atoms with van der Waals surface area (Å²) in [5, 5.41) is 28.6. The molecule has 0 fully saturated rings. The monoisotopic (exact) mass is 500 g/mol. The summed E-state index contributed by atoms with van der Waals surface area (Å²) >= 11 is 0. The molecule has 0 aliphatic heterocycles. The Morgan fingerprint density at radius 1 is 0.514 bits per heavy atom. The number of ether oxygens (including phenoxy) is 3. The Balaban J connectivity index is 1.62. The molecule has 9 nitrogen and oxygen atoms in total. The molecule has 0 aliphatic rings. The normalized spacial score (nSPS) is 10.4. The van der Waals surface area contributed by atoms with Gasteiger partial charge in [0.2, 0.25) is 0 Å². The zero-order valence-corrected chi connectivity index (χ0v) is 19.4. The van der Waals surface area contributed by atoms with Crippen LogP contribution in [0.1, 0.15) is 36.6 Å². The third kappa shape index (κ3) is 6.23. The first-order chi connectivity index (χ1) is 17.7. The van der Waals surface area contributed by atoms with Gasteiger partial charge >= 0.3 is 17.9 Å². The van der Waals surface area contributed by atoms with Gasteiger partial charge in [-0.3, -0.25) is 0 Å². The van der Waals surface area contributed by atoms with Crippen molar-refractivity contribution in [2.24, 2.45) is 0 Å². The molecule has 0 unspecified atom stereocenters. The topological polar surface area (TPSA) is 140 Å². The van der Waals surface area contributed by atoms with Crippen molar-refractivity contribution >= 4 is 17.9 Å². The highest BCUT2D eigenvalue weighted by molar-refractivity contribution is 5.93. The van der Waals surface area contributed by atoms with E-state index in [-0.39, 0.29) is 51.2 Å². The molecule has 0 aliphatic carbocycles. The molecule has 0 saturated heterocycles. The van der Waals surface area contributed by atoms with E-state index in [0.717, 1.165) is 0 Å². The van der Waals surface area contributed by atoms with Crippen LogP contribution in [0.2, 0.25) is 0 Å². The maximum absolute atomic E-state index is 12.7. The quantitative estimate of drug-likeness (QED) is 0.252. The van der Waals surface area contributed by atoms with Gasteiger partial charge in [0.1, 0.15) is 34.5 Å². The molecule has 3 N–H and O–H groups in total. The van der Waals surface area contributed by atoms with Crippen LogP contribution in [0.25, 0.3) is 0 Å². The number of phenols is 3. The van der Waals surface area contributed by atoms with Gasteiger partial charge in [-0.05, 0) is 79.2 Å². The molecular weight excluding hydrogens is 480 g/mol. The number of esters is 3. The fraction of sp³-hybridized carbons (Fsp3) is 0.0357. The highest BCUT2D eigenvalue weighted by Gasteiger charge is 2.17. The Labute approximate surface area is 210 Å². The molecular formula is C28H20O9. The summed E-state index contributed by atoms with van der Waals surface area (Å²) in [7, 11) is 0. The Kier molecular flexibility index (Phi) is 7.06. The van der Waals surface area contributed by atoms with Crippen molar-refractivity contribution < 1.29 is 43.9 Å². The maximum Gasteiger partial charge on any atom is 0.343 e. The molecule has 4 rings (SSSR count). The van der Waals surface area contributed by atoms with E-state index in [0.29, 0.717) is 5.56 Å². The van der Waals surface area contributed by atoms with E-state index in [2.05, 4.69) is 0 Å². The summed E-state index contributed by atoms with van der Waals surface area (Å²) in [5.74, 6) is -2.60. The average Bonchev–Trinajstić information content (AvgIpc) is 2.86. The largest absolute Gasteiger partial charge is 0.508 e. The van der Waals surface area contributed by atoms with Gasteiger partial charge in [0.05, 0.1) is 16.7 Å². The van der Waals surface area contributed by atoms with E-state index in [1.54, 1.807) is 6.92 Å². The smallest absolute Gasteiger partial charge is 0.343 e. The predicted octanol–water partition coefficient (Wildman–Crippen LogP) is 4.77. The Bertz CT molecular complexity index is 1400. The number of aromatic hydroxyl groups is 3. The van der Waals surface area contributed by atoms with Crippen LogP contribution in [-0.2, 0) is 0 Å². The lowest BCUT2D eigenvalue weighted by Crippen LogP contribution is -2.12. The van der Waals surface area contributed by atoms with Crippen molar-refractivity contribution in [3.8, 4) is 34.5 Å². The summed E-state index contributed by atoms with van der Waals surface area (Å²) < 4.78 is 16.2. The van der Waals surface area contributed by atoms with Crippen molar-refractivity contribution in [3.05, 3.63) is 107 Å². The molecule has 4 aromatic carbocycles. The van der Waals surface area contributed by atoms with Crippen molar-refractivity contribution in [2.45, 2.75) is 6.92 Å². The molecule has 0 spiro atoms. The van der Waals surface area contributed by atoms with E-state index >= 15 is 0 Å². The number of aryl methyl sites for hydroxylation is 1. The van der Waals surface area contributed by atoms with Gasteiger partial charge in [-0.15, -0.1) is 0 Å². The molecule has 0 amide bonds. The van der Waals surface area contributed by atoms with E-state index in [1.165, 1.54) is 84.9 Å². The number of carbonyl (C=O) groups excluding carboxylic acids is 3. The van der Waals surface area contributed by atoms with Crippen LogP contribution in [0.4, 0.5) is 0 Å². The fourth-order valence-electron chi connectivity index (χ4n) is 3.20. The van der Waals surface area contributed by atoms with Gasteiger partial charge in [0.25, 0.3) is 0 Å². The average molecular weight is 500 g/mol. The molecule has 186 valence electrons. The number of hydrogen-bond donors (Lipinski definition) is 3. The zero-order valence-electron chi connectivity index (χ0n) is 19.4. The van der Waals surface area contributed by atoms with E-state index < -0.39 is 17.9 Å². The summed E-state index contributed by atoms with van der Waals surface area (Å²) in [4.78, 5) is 37.8. The third-order valence-electron chi connectivity index (χ3n) is 5.12. The van der Waals surface area contributed by atoms with Crippen LogP contribution in [0.3, 0.4) is 0 Å². The molecule has 0 heterocycles. The second-order valence-corrected chi connectivity index (χ2v) is 7.90. The summed E-state index contributed by atoms with van der Waals surface area (Å²) in [6, 6.07) is 18.7. The maximum atomic E-state index is 12.7. The van der Waals surface area contributed by atoms with Crippen LogP contribution < -0.4 is 14.2 Å². The molecule has 9 heteroatoms. The second kappa shape index (κ2) is 10.5. The highest BCUT2D eigenvalue weighted by atomic mass is 16.6. The lowest BCUT2D eigenvalue weighted by molar-refractivity contribution is 0.0730. The van der Waals surface area contributed by atoms with E-state index in [4.69, 9.17) is 14.2 Å². The minimum Gasteiger partial charge on any atom is -0.508 e. The lowest BCUT2D eigenvalue weighted by atomic mass is 10.1. The van der Waals surface area contributed by atoms with E-state index in [1.807, 2.05) is 0 Å². The minimum absolute atomic E-state index is 0.0168. The number of carbonyl (C=O) groups is 3. The highest BCUT2D eigenvalue weighted by Crippen LogP contribution is 2.30. The van der Waals surface area contributed by atoms with Gasteiger partial charge < -0.3 is 29.5 Å². The number of rotatable bonds is 6. The summed E-state index contributed by atoms with van der Waals surface area (Å²) in [5.41, 5.74) is 0.906. The standard InChI is InChI=1S/C28H20O9/c1-16-12-19(6-11-25(16)31)28(34)37-24-14-22(35-26(32)17-2-7-20(29)8-3-17)13-23(15-24)36-27(33)18-4-9-21(30)10-5-18/h2-15,29-31H,1H3. The predicted molar refractivity (Wildman–Crippen MR) is 130 cm³/mol. The Morgan fingerprint density at radius 2 is 0.865 bits per heavy atom. The molecule has 0 bridgehead atoms. The molecule has 0 atom stereocenters. The van der Waals surface area contributed by atoms with Gasteiger partial charge in [0, 0.05) is 18.2 Å². The Hall–Kier alpha value is -5.31. The first-order valence-corrected chi connectivity index (χ1v) is 10.9. The Morgan fingerprint density at radius 3 is 1.24 bits per heavy atom. The van der Waals surface area contributed by atoms with Crippen molar-refractivity contribution in [3.63, 3.8) is 0 Å². The van der Waals surface area contributed by atoms with Crippen molar-refractivity contribution in [1.82, 2.24) is 0 Å². The minimum atomic E-state index is -0.770. The third-order valence-corrected chi connectivity index (χ3v) is 5.12. The van der Waals surface area contributed by atoms with Gasteiger partial charge in [-0.1, -0.05) is 0 Å². The second-order valence-electron chi connectivity index (χ2n) is 7.90. The van der Waals surface area contributed by atoms with Gasteiger partial charge in [-0.25, -0.2) is 14.4 Å². The molecule has 0 radical (unpaired) electrons. The lowest BCUT2D eigenvalue weighted by Gasteiger charge is -2.12. The van der Waals surface area contributed by atoms with Crippen LogP contribution in [-0.4, -0.2) is 33.2 Å². The zero-order chi connectivity index (χ0) is 26.5.